The summed E-state index contributed by atoms with van der Waals surface area (Å²) < 4.78 is 28.0. The summed E-state index contributed by atoms with van der Waals surface area (Å²) in [5.41, 5.74) is 1.91. The molecule has 0 saturated heterocycles. The maximum Gasteiger partial charge on any atom is 0.264 e. The predicted octanol–water partition coefficient (Wildman–Crippen LogP) is 2.71. The van der Waals surface area contributed by atoms with E-state index in [4.69, 9.17) is 0 Å². The van der Waals surface area contributed by atoms with E-state index >= 15 is 0 Å². The molecule has 0 fully saturated rings. The molecule has 0 unspecified atom stereocenters. The van der Waals surface area contributed by atoms with Gasteiger partial charge in [-0.25, -0.2) is 8.42 Å². The molecule has 2 aromatic carbocycles. The number of amides is 1. The highest BCUT2D eigenvalue weighted by molar-refractivity contribution is 7.92. The third-order valence-corrected chi connectivity index (χ3v) is 5.73. The minimum absolute atomic E-state index is 0.148. The molecule has 0 aliphatic heterocycles. The number of hydrogen-bond acceptors (Lipinski definition) is 4. The molecule has 1 N–H and O–H groups in total. The molecule has 0 heterocycles. The van der Waals surface area contributed by atoms with E-state index in [1.807, 2.05) is 44.1 Å². The van der Waals surface area contributed by atoms with Crippen molar-refractivity contribution >= 4 is 27.3 Å². The van der Waals surface area contributed by atoms with Gasteiger partial charge in [0.2, 0.25) is 5.91 Å². The number of likely N-dealkylation sites (N-methyl/N-ethyl adjacent to an activating group) is 1. The average molecular weight is 375 g/mol. The van der Waals surface area contributed by atoms with Gasteiger partial charge in [0, 0.05) is 25.7 Å². The average Bonchev–Trinajstić information content (AvgIpc) is 2.57. The monoisotopic (exact) mass is 375 g/mol. The summed E-state index contributed by atoms with van der Waals surface area (Å²) >= 11 is 0. The van der Waals surface area contributed by atoms with E-state index in [1.54, 1.807) is 24.3 Å². The Kier molecular flexibility index (Phi) is 6.39. The lowest BCUT2D eigenvalue weighted by Gasteiger charge is -2.26. The van der Waals surface area contributed by atoms with Crippen LogP contribution in [0.4, 0.5) is 11.4 Å². The van der Waals surface area contributed by atoms with Gasteiger partial charge >= 0.3 is 0 Å². The van der Waals surface area contributed by atoms with E-state index in [9.17, 15) is 13.2 Å². The van der Waals surface area contributed by atoms with Gasteiger partial charge in [-0.05, 0) is 50.8 Å². The largest absolute Gasteiger partial charge is 0.326 e. The molecule has 1 amide bonds. The molecule has 0 bridgehead atoms. The van der Waals surface area contributed by atoms with Crippen LogP contribution in [0.5, 0.6) is 0 Å². The number of carbonyl (C=O) groups is 1. The van der Waals surface area contributed by atoms with Crippen molar-refractivity contribution in [1.29, 1.82) is 0 Å². The number of rotatable bonds is 7. The summed E-state index contributed by atoms with van der Waals surface area (Å²) in [4.78, 5) is 13.5. The Balaban J connectivity index is 2.47. The van der Waals surface area contributed by atoms with Crippen molar-refractivity contribution in [3.8, 4) is 0 Å². The second-order valence-corrected chi connectivity index (χ2v) is 8.24. The van der Waals surface area contributed by atoms with Crippen molar-refractivity contribution in [1.82, 2.24) is 4.90 Å². The van der Waals surface area contributed by atoms with E-state index in [0.717, 1.165) is 5.56 Å². The topological polar surface area (TPSA) is 69.7 Å². The second kappa shape index (κ2) is 8.33. The number of sulfonamides is 1. The van der Waals surface area contributed by atoms with E-state index < -0.39 is 10.0 Å². The fraction of sp³-hybridized carbons (Fsp3) is 0.316. The first-order chi connectivity index (χ1) is 12.2. The van der Waals surface area contributed by atoms with E-state index in [0.29, 0.717) is 24.5 Å². The number of benzene rings is 2. The molecule has 0 radical (unpaired) electrons. The van der Waals surface area contributed by atoms with Crippen molar-refractivity contribution in [2.45, 2.75) is 18.7 Å². The van der Waals surface area contributed by atoms with Gasteiger partial charge in [-0.1, -0.05) is 24.3 Å². The third kappa shape index (κ3) is 4.83. The highest BCUT2D eigenvalue weighted by Crippen LogP contribution is 2.26. The highest BCUT2D eigenvalue weighted by atomic mass is 32.2. The molecule has 0 aliphatic rings. The van der Waals surface area contributed by atoms with E-state index in [2.05, 4.69) is 5.32 Å². The van der Waals surface area contributed by atoms with Gasteiger partial charge in [0.1, 0.15) is 0 Å². The Bertz CT molecular complexity index is 865. The fourth-order valence-corrected chi connectivity index (χ4v) is 3.97. The lowest BCUT2D eigenvalue weighted by Crippen LogP contribution is -2.36. The number of hydrogen-bond donors (Lipinski definition) is 1. The lowest BCUT2D eigenvalue weighted by molar-refractivity contribution is -0.114. The van der Waals surface area contributed by atoms with Gasteiger partial charge in [-0.15, -0.1) is 0 Å². The zero-order valence-corrected chi connectivity index (χ0v) is 16.4. The van der Waals surface area contributed by atoms with Crippen LogP contribution in [0.1, 0.15) is 12.5 Å². The summed E-state index contributed by atoms with van der Waals surface area (Å²) in [6, 6.07) is 13.8. The van der Waals surface area contributed by atoms with Crippen LogP contribution in [-0.2, 0) is 14.8 Å². The Morgan fingerprint density at radius 1 is 1.04 bits per heavy atom. The molecule has 0 atom stereocenters. The predicted molar refractivity (Wildman–Crippen MR) is 105 cm³/mol. The molecule has 0 spiro atoms. The number of aryl methyl sites for hydroxylation is 1. The Hall–Kier alpha value is -2.38. The maximum absolute atomic E-state index is 13.3. The molecule has 2 rings (SSSR count). The van der Waals surface area contributed by atoms with Crippen LogP contribution in [0.3, 0.4) is 0 Å². The van der Waals surface area contributed by atoms with Crippen molar-refractivity contribution < 1.29 is 13.2 Å². The van der Waals surface area contributed by atoms with Crippen LogP contribution < -0.4 is 9.62 Å². The number of para-hydroxylation sites is 1. The van der Waals surface area contributed by atoms with Crippen LogP contribution in [0, 0.1) is 6.92 Å². The van der Waals surface area contributed by atoms with Gasteiger partial charge in [-0.2, -0.15) is 0 Å². The lowest BCUT2D eigenvalue weighted by atomic mass is 10.2. The van der Waals surface area contributed by atoms with Crippen molar-refractivity contribution in [3.05, 3.63) is 54.1 Å². The van der Waals surface area contributed by atoms with Crippen LogP contribution in [0.15, 0.2) is 53.4 Å². The molecule has 140 valence electrons. The van der Waals surface area contributed by atoms with Crippen molar-refractivity contribution in [2.24, 2.45) is 0 Å². The number of anilines is 2. The Labute approximate surface area is 155 Å². The van der Waals surface area contributed by atoms with Gasteiger partial charge in [0.05, 0.1) is 10.6 Å². The van der Waals surface area contributed by atoms with Crippen LogP contribution in [0.25, 0.3) is 0 Å². The summed E-state index contributed by atoms with van der Waals surface area (Å²) in [6.07, 6.45) is 0. The number of carbonyl (C=O) groups excluding carboxylic acids is 1. The molecule has 6 nitrogen and oxygen atoms in total. The second-order valence-electron chi connectivity index (χ2n) is 6.37. The molecule has 0 aliphatic carbocycles. The molecule has 2 aromatic rings. The SMILES string of the molecule is CC(=O)Nc1cc(S(=O)(=O)N(CCN(C)C)c2ccccc2)ccc1C. The first-order valence-electron chi connectivity index (χ1n) is 8.32. The summed E-state index contributed by atoms with van der Waals surface area (Å²) in [5.74, 6) is -0.241. The highest BCUT2D eigenvalue weighted by Gasteiger charge is 2.25. The smallest absolute Gasteiger partial charge is 0.264 e. The van der Waals surface area contributed by atoms with Crippen LogP contribution in [-0.4, -0.2) is 46.4 Å². The zero-order chi connectivity index (χ0) is 19.3. The molecule has 26 heavy (non-hydrogen) atoms. The molecular formula is C19H25N3O3S. The van der Waals surface area contributed by atoms with Crippen molar-refractivity contribution in [3.63, 3.8) is 0 Å². The van der Waals surface area contributed by atoms with Gasteiger partial charge in [-0.3, -0.25) is 9.10 Å². The fourth-order valence-electron chi connectivity index (χ4n) is 2.49. The normalized spacial score (nSPS) is 11.4. The quantitative estimate of drug-likeness (QED) is 0.808. The Morgan fingerprint density at radius 3 is 2.27 bits per heavy atom. The third-order valence-electron chi connectivity index (χ3n) is 3.90. The molecular weight excluding hydrogens is 350 g/mol. The minimum atomic E-state index is -3.77. The standard InChI is InChI=1S/C19H25N3O3S/c1-15-10-11-18(14-19(15)20-16(2)23)26(24,25)22(13-12-21(3)4)17-8-6-5-7-9-17/h5-11,14H,12-13H2,1-4H3,(H,20,23). The van der Waals surface area contributed by atoms with E-state index in [-0.39, 0.29) is 10.8 Å². The first kappa shape index (κ1) is 19.9. The Morgan fingerprint density at radius 2 is 1.69 bits per heavy atom. The summed E-state index contributed by atoms with van der Waals surface area (Å²) in [5, 5.41) is 2.68. The van der Waals surface area contributed by atoms with Gasteiger partial charge < -0.3 is 10.2 Å². The van der Waals surface area contributed by atoms with E-state index in [1.165, 1.54) is 17.3 Å². The number of nitrogens with zero attached hydrogens (tertiary/aromatic N) is 2. The summed E-state index contributed by atoms with van der Waals surface area (Å²) in [7, 11) is 0.0292. The van der Waals surface area contributed by atoms with Gasteiger partial charge in [0.25, 0.3) is 10.0 Å². The van der Waals surface area contributed by atoms with Crippen molar-refractivity contribution in [2.75, 3.05) is 36.8 Å². The molecule has 7 heteroatoms. The van der Waals surface area contributed by atoms with Crippen LogP contribution >= 0.6 is 0 Å². The van der Waals surface area contributed by atoms with Crippen LogP contribution in [0.2, 0.25) is 0 Å². The van der Waals surface area contributed by atoms with Gasteiger partial charge in [0.15, 0.2) is 0 Å². The minimum Gasteiger partial charge on any atom is -0.326 e. The zero-order valence-electron chi connectivity index (χ0n) is 15.6. The first-order valence-corrected chi connectivity index (χ1v) is 9.76. The maximum atomic E-state index is 13.3. The summed E-state index contributed by atoms with van der Waals surface area (Å²) in [6.45, 7) is 4.12. The molecule has 0 aromatic heterocycles. The molecule has 0 saturated carbocycles. The number of nitrogens with one attached hydrogen (secondary N) is 1.